The van der Waals surface area contributed by atoms with Crippen LogP contribution in [0.2, 0.25) is 5.02 Å². The molecule has 0 fully saturated rings. The van der Waals surface area contributed by atoms with E-state index in [4.69, 9.17) is 25.8 Å². The summed E-state index contributed by atoms with van der Waals surface area (Å²) >= 11 is 6.17. The molecule has 0 aliphatic carbocycles. The molecule has 0 bridgehead atoms. The highest BCUT2D eigenvalue weighted by atomic mass is 35.5. The van der Waals surface area contributed by atoms with Gasteiger partial charge in [-0.25, -0.2) is 0 Å². The Morgan fingerprint density at radius 2 is 1.88 bits per heavy atom. The van der Waals surface area contributed by atoms with Crippen molar-refractivity contribution < 1.29 is 19.0 Å². The molecular weight excluding hydrogens is 330 g/mol. The second kappa shape index (κ2) is 7.01. The maximum Gasteiger partial charge on any atom is 0.262 e. The molecule has 1 amide bonds. The number of fused-ring (bicyclic) bond motifs is 1. The van der Waals surface area contributed by atoms with Crippen molar-refractivity contribution in [3.63, 3.8) is 0 Å². The molecule has 0 aromatic heterocycles. The SMILES string of the molecule is Cc1ccc(OCC(=O)Nc2cc3c(cc2Cl)OCCO3)c(C)c1. The second-order valence-electron chi connectivity index (χ2n) is 5.58. The van der Waals surface area contributed by atoms with Crippen LogP contribution in [0.1, 0.15) is 11.1 Å². The number of rotatable bonds is 4. The third-order valence-corrected chi connectivity index (χ3v) is 3.91. The van der Waals surface area contributed by atoms with E-state index in [9.17, 15) is 4.79 Å². The minimum absolute atomic E-state index is 0.103. The van der Waals surface area contributed by atoms with Crippen molar-refractivity contribution in [2.75, 3.05) is 25.1 Å². The van der Waals surface area contributed by atoms with Gasteiger partial charge in [0.1, 0.15) is 19.0 Å². The standard InChI is InChI=1S/C18H18ClNO4/c1-11-3-4-15(12(2)7-11)24-10-18(21)20-14-9-17-16(8-13(14)19)22-5-6-23-17/h3-4,7-9H,5-6,10H2,1-2H3,(H,20,21). The van der Waals surface area contributed by atoms with Crippen molar-refractivity contribution in [3.05, 3.63) is 46.5 Å². The van der Waals surface area contributed by atoms with Gasteiger partial charge in [-0.05, 0) is 25.5 Å². The predicted octanol–water partition coefficient (Wildman–Crippen LogP) is 3.75. The van der Waals surface area contributed by atoms with Crippen molar-refractivity contribution >= 4 is 23.2 Å². The molecule has 1 aliphatic rings. The van der Waals surface area contributed by atoms with Crippen LogP contribution in [0, 0.1) is 13.8 Å². The molecule has 1 N–H and O–H groups in total. The van der Waals surface area contributed by atoms with Crippen LogP contribution in [-0.2, 0) is 4.79 Å². The fraction of sp³-hybridized carbons (Fsp3) is 0.278. The molecule has 0 unspecified atom stereocenters. The number of carbonyl (C=O) groups excluding carboxylic acids is 1. The van der Waals surface area contributed by atoms with E-state index in [0.717, 1.165) is 11.1 Å². The summed E-state index contributed by atoms with van der Waals surface area (Å²) in [4.78, 5) is 12.1. The van der Waals surface area contributed by atoms with Gasteiger partial charge in [-0.1, -0.05) is 29.3 Å². The lowest BCUT2D eigenvalue weighted by molar-refractivity contribution is -0.118. The minimum Gasteiger partial charge on any atom is -0.486 e. The Bertz CT molecular complexity index is 776. The molecule has 0 saturated heterocycles. The Morgan fingerprint density at radius 3 is 2.58 bits per heavy atom. The molecule has 0 saturated carbocycles. The van der Waals surface area contributed by atoms with E-state index in [1.165, 1.54) is 0 Å². The molecule has 5 nitrogen and oxygen atoms in total. The zero-order valence-corrected chi connectivity index (χ0v) is 14.3. The first-order valence-electron chi connectivity index (χ1n) is 7.62. The molecule has 0 atom stereocenters. The number of carbonyl (C=O) groups is 1. The Labute approximate surface area is 145 Å². The lowest BCUT2D eigenvalue weighted by Gasteiger charge is -2.20. The summed E-state index contributed by atoms with van der Waals surface area (Å²) in [6.07, 6.45) is 0. The lowest BCUT2D eigenvalue weighted by Crippen LogP contribution is -2.21. The Morgan fingerprint density at radius 1 is 1.17 bits per heavy atom. The van der Waals surface area contributed by atoms with Crippen LogP contribution in [0.15, 0.2) is 30.3 Å². The first kappa shape index (κ1) is 16.5. The van der Waals surface area contributed by atoms with Crippen LogP contribution in [0.25, 0.3) is 0 Å². The molecule has 2 aromatic carbocycles. The predicted molar refractivity (Wildman–Crippen MR) is 92.5 cm³/mol. The summed E-state index contributed by atoms with van der Waals surface area (Å²) in [5, 5.41) is 3.12. The zero-order chi connectivity index (χ0) is 17.1. The van der Waals surface area contributed by atoms with E-state index in [1.807, 2.05) is 32.0 Å². The third-order valence-electron chi connectivity index (χ3n) is 3.60. The van der Waals surface area contributed by atoms with Gasteiger partial charge in [0, 0.05) is 12.1 Å². The van der Waals surface area contributed by atoms with E-state index in [1.54, 1.807) is 12.1 Å². The number of anilines is 1. The average molecular weight is 348 g/mol. The Balaban J connectivity index is 1.64. The quantitative estimate of drug-likeness (QED) is 0.915. The molecule has 1 heterocycles. The minimum atomic E-state index is -0.298. The van der Waals surface area contributed by atoms with E-state index in [2.05, 4.69) is 5.32 Å². The number of amides is 1. The highest BCUT2D eigenvalue weighted by Gasteiger charge is 2.16. The van der Waals surface area contributed by atoms with Gasteiger partial charge < -0.3 is 19.5 Å². The molecule has 24 heavy (non-hydrogen) atoms. The fourth-order valence-electron chi connectivity index (χ4n) is 2.45. The number of ether oxygens (including phenoxy) is 3. The van der Waals surface area contributed by atoms with Gasteiger partial charge in [-0.2, -0.15) is 0 Å². The normalized spacial score (nSPS) is 12.6. The van der Waals surface area contributed by atoms with Crippen molar-refractivity contribution in [2.45, 2.75) is 13.8 Å². The number of hydrogen-bond acceptors (Lipinski definition) is 4. The summed E-state index contributed by atoms with van der Waals surface area (Å²) in [6.45, 7) is 4.80. The van der Waals surface area contributed by atoms with Crippen LogP contribution in [0.3, 0.4) is 0 Å². The first-order chi connectivity index (χ1) is 11.5. The average Bonchev–Trinajstić information content (AvgIpc) is 2.55. The van der Waals surface area contributed by atoms with Crippen molar-refractivity contribution in [1.29, 1.82) is 0 Å². The van der Waals surface area contributed by atoms with Crippen molar-refractivity contribution in [1.82, 2.24) is 0 Å². The zero-order valence-electron chi connectivity index (χ0n) is 13.5. The summed E-state index contributed by atoms with van der Waals surface area (Å²) in [5.41, 5.74) is 2.60. The largest absolute Gasteiger partial charge is 0.486 e. The van der Waals surface area contributed by atoms with E-state index < -0.39 is 0 Å². The van der Waals surface area contributed by atoms with Gasteiger partial charge in [-0.15, -0.1) is 0 Å². The lowest BCUT2D eigenvalue weighted by atomic mass is 10.1. The maximum atomic E-state index is 12.1. The Kier molecular flexibility index (Phi) is 4.81. The van der Waals surface area contributed by atoms with Gasteiger partial charge in [0.2, 0.25) is 0 Å². The molecule has 126 valence electrons. The van der Waals surface area contributed by atoms with E-state index >= 15 is 0 Å². The molecule has 0 radical (unpaired) electrons. The third kappa shape index (κ3) is 3.74. The van der Waals surface area contributed by atoms with E-state index in [0.29, 0.717) is 41.2 Å². The van der Waals surface area contributed by atoms with Gasteiger partial charge >= 0.3 is 0 Å². The molecule has 6 heteroatoms. The molecular formula is C18H18ClNO4. The van der Waals surface area contributed by atoms with Crippen LogP contribution in [0.5, 0.6) is 17.2 Å². The fourth-order valence-corrected chi connectivity index (χ4v) is 2.65. The monoisotopic (exact) mass is 347 g/mol. The topological polar surface area (TPSA) is 56.8 Å². The summed E-state index contributed by atoms with van der Waals surface area (Å²) in [6, 6.07) is 9.10. The van der Waals surface area contributed by atoms with E-state index in [-0.39, 0.29) is 12.5 Å². The first-order valence-corrected chi connectivity index (χ1v) is 8.00. The highest BCUT2D eigenvalue weighted by molar-refractivity contribution is 6.34. The van der Waals surface area contributed by atoms with Crippen LogP contribution in [-0.4, -0.2) is 25.7 Å². The molecule has 3 rings (SSSR count). The number of aryl methyl sites for hydroxylation is 2. The second-order valence-corrected chi connectivity index (χ2v) is 5.99. The van der Waals surface area contributed by atoms with Gasteiger partial charge in [-0.3, -0.25) is 4.79 Å². The van der Waals surface area contributed by atoms with Crippen molar-refractivity contribution in [3.8, 4) is 17.2 Å². The number of halogens is 1. The summed E-state index contributed by atoms with van der Waals surface area (Å²) < 4.78 is 16.5. The van der Waals surface area contributed by atoms with Gasteiger partial charge in [0.05, 0.1) is 10.7 Å². The molecule has 2 aromatic rings. The summed E-state index contributed by atoms with van der Waals surface area (Å²) in [7, 11) is 0. The summed E-state index contributed by atoms with van der Waals surface area (Å²) in [5.74, 6) is 1.53. The smallest absolute Gasteiger partial charge is 0.262 e. The maximum absolute atomic E-state index is 12.1. The Hall–Kier alpha value is -2.40. The molecule has 1 aliphatic heterocycles. The van der Waals surface area contributed by atoms with Gasteiger partial charge in [0.15, 0.2) is 18.1 Å². The highest BCUT2D eigenvalue weighted by Crippen LogP contribution is 2.37. The van der Waals surface area contributed by atoms with Crippen LogP contribution in [0.4, 0.5) is 5.69 Å². The van der Waals surface area contributed by atoms with Crippen molar-refractivity contribution in [2.24, 2.45) is 0 Å². The van der Waals surface area contributed by atoms with Crippen LogP contribution < -0.4 is 19.5 Å². The number of nitrogens with one attached hydrogen (secondary N) is 1. The van der Waals surface area contributed by atoms with Crippen LogP contribution >= 0.6 is 11.6 Å². The number of hydrogen-bond donors (Lipinski definition) is 1. The number of benzene rings is 2. The molecule has 0 spiro atoms. The van der Waals surface area contributed by atoms with Gasteiger partial charge in [0.25, 0.3) is 5.91 Å².